The molecule has 1 aliphatic rings. The lowest BCUT2D eigenvalue weighted by atomic mass is 9.97. The number of ketones is 1. The SMILES string of the molecule is Cc1ccc(C(=O)c2ccccc2C(=O)NCCOc2cc(N3CCCC3)nc(C)n2)cc1. The molecule has 1 aliphatic heterocycles. The number of hydrogen-bond donors (Lipinski definition) is 1. The van der Waals surface area contributed by atoms with E-state index in [0.29, 0.717) is 28.4 Å². The average molecular weight is 445 g/mol. The molecule has 170 valence electrons. The summed E-state index contributed by atoms with van der Waals surface area (Å²) >= 11 is 0. The molecule has 4 rings (SSSR count). The fourth-order valence-corrected chi connectivity index (χ4v) is 3.86. The number of aromatic nitrogens is 2. The molecule has 0 saturated carbocycles. The minimum Gasteiger partial charge on any atom is -0.476 e. The number of carbonyl (C=O) groups is 2. The third kappa shape index (κ3) is 5.55. The van der Waals surface area contributed by atoms with E-state index in [2.05, 4.69) is 20.2 Å². The summed E-state index contributed by atoms with van der Waals surface area (Å²) in [6, 6.07) is 16.0. The number of nitrogens with zero attached hydrogens (tertiary/aromatic N) is 3. The number of nitrogens with one attached hydrogen (secondary N) is 1. The van der Waals surface area contributed by atoms with Gasteiger partial charge in [0.25, 0.3) is 5.91 Å². The Bertz CT molecular complexity index is 1140. The predicted octanol–water partition coefficient (Wildman–Crippen LogP) is 3.73. The molecular formula is C26H28N4O3. The molecule has 1 saturated heterocycles. The van der Waals surface area contributed by atoms with E-state index in [1.54, 1.807) is 36.4 Å². The Kier molecular flexibility index (Phi) is 6.98. The lowest BCUT2D eigenvalue weighted by Crippen LogP contribution is -2.29. The highest BCUT2D eigenvalue weighted by Crippen LogP contribution is 2.21. The highest BCUT2D eigenvalue weighted by atomic mass is 16.5. The first-order valence-corrected chi connectivity index (χ1v) is 11.2. The zero-order valence-electron chi connectivity index (χ0n) is 19.0. The number of rotatable bonds is 8. The van der Waals surface area contributed by atoms with Crippen molar-refractivity contribution in [2.75, 3.05) is 31.1 Å². The summed E-state index contributed by atoms with van der Waals surface area (Å²) in [6.07, 6.45) is 2.33. The van der Waals surface area contributed by atoms with Crippen molar-refractivity contribution in [1.82, 2.24) is 15.3 Å². The minimum atomic E-state index is -0.314. The Morgan fingerprint density at radius 1 is 0.970 bits per heavy atom. The number of hydrogen-bond acceptors (Lipinski definition) is 6. The number of ether oxygens (including phenoxy) is 1. The maximum atomic E-state index is 12.9. The molecule has 2 aromatic carbocycles. The van der Waals surface area contributed by atoms with Crippen LogP contribution in [0.4, 0.5) is 5.82 Å². The summed E-state index contributed by atoms with van der Waals surface area (Å²) in [5, 5.41) is 2.84. The number of carbonyl (C=O) groups excluding carboxylic acids is 2. The van der Waals surface area contributed by atoms with Gasteiger partial charge in [-0.05, 0) is 32.8 Å². The summed E-state index contributed by atoms with van der Waals surface area (Å²) < 4.78 is 5.77. The molecule has 1 fully saturated rings. The van der Waals surface area contributed by atoms with Gasteiger partial charge >= 0.3 is 0 Å². The van der Waals surface area contributed by atoms with Gasteiger partial charge in [-0.1, -0.05) is 48.0 Å². The summed E-state index contributed by atoms with van der Waals surface area (Å²) in [7, 11) is 0. The average Bonchev–Trinajstić information content (AvgIpc) is 3.37. The van der Waals surface area contributed by atoms with Crippen molar-refractivity contribution in [2.45, 2.75) is 26.7 Å². The Balaban J connectivity index is 1.36. The normalized spacial score (nSPS) is 13.1. The summed E-state index contributed by atoms with van der Waals surface area (Å²) in [5.41, 5.74) is 2.35. The Hall–Kier alpha value is -3.74. The van der Waals surface area contributed by atoms with Crippen LogP contribution in [-0.4, -0.2) is 47.9 Å². The van der Waals surface area contributed by atoms with Crippen molar-refractivity contribution in [3.63, 3.8) is 0 Å². The van der Waals surface area contributed by atoms with Crippen LogP contribution in [0, 0.1) is 13.8 Å². The van der Waals surface area contributed by atoms with E-state index in [9.17, 15) is 9.59 Å². The molecule has 1 aromatic heterocycles. The van der Waals surface area contributed by atoms with Gasteiger partial charge in [0.15, 0.2) is 5.78 Å². The molecule has 0 spiro atoms. The fourth-order valence-electron chi connectivity index (χ4n) is 3.86. The molecular weight excluding hydrogens is 416 g/mol. The molecule has 0 radical (unpaired) electrons. The van der Waals surface area contributed by atoms with Crippen LogP contribution in [0.2, 0.25) is 0 Å². The third-order valence-corrected chi connectivity index (χ3v) is 5.60. The van der Waals surface area contributed by atoms with Gasteiger partial charge in [-0.25, -0.2) is 4.98 Å². The second-order valence-corrected chi connectivity index (χ2v) is 8.15. The van der Waals surface area contributed by atoms with Crippen LogP contribution < -0.4 is 15.0 Å². The molecule has 3 aromatic rings. The quantitative estimate of drug-likeness (QED) is 0.421. The smallest absolute Gasteiger partial charge is 0.252 e. The van der Waals surface area contributed by atoms with E-state index < -0.39 is 0 Å². The summed E-state index contributed by atoms with van der Waals surface area (Å²) in [5.74, 6) is 1.53. The van der Waals surface area contributed by atoms with Crippen LogP contribution in [-0.2, 0) is 0 Å². The third-order valence-electron chi connectivity index (χ3n) is 5.60. The first kappa shape index (κ1) is 22.5. The number of anilines is 1. The zero-order valence-corrected chi connectivity index (χ0v) is 19.0. The lowest BCUT2D eigenvalue weighted by molar-refractivity contribution is 0.0936. The maximum Gasteiger partial charge on any atom is 0.252 e. The largest absolute Gasteiger partial charge is 0.476 e. The van der Waals surface area contributed by atoms with E-state index in [-0.39, 0.29) is 24.8 Å². The van der Waals surface area contributed by atoms with Gasteiger partial charge in [0.05, 0.1) is 12.1 Å². The van der Waals surface area contributed by atoms with Crippen molar-refractivity contribution in [3.8, 4) is 5.88 Å². The Morgan fingerprint density at radius 3 is 2.39 bits per heavy atom. The van der Waals surface area contributed by atoms with Gasteiger partial charge < -0.3 is 15.0 Å². The monoisotopic (exact) mass is 444 g/mol. The van der Waals surface area contributed by atoms with Crippen LogP contribution in [0.25, 0.3) is 0 Å². The second kappa shape index (κ2) is 10.3. The second-order valence-electron chi connectivity index (χ2n) is 8.15. The van der Waals surface area contributed by atoms with Crippen molar-refractivity contribution >= 4 is 17.5 Å². The molecule has 1 N–H and O–H groups in total. The Labute approximate surface area is 193 Å². The van der Waals surface area contributed by atoms with Crippen LogP contribution in [0.15, 0.2) is 54.6 Å². The molecule has 33 heavy (non-hydrogen) atoms. The van der Waals surface area contributed by atoms with E-state index in [1.807, 2.05) is 32.0 Å². The van der Waals surface area contributed by atoms with Gasteiger partial charge in [-0.3, -0.25) is 9.59 Å². The van der Waals surface area contributed by atoms with E-state index in [1.165, 1.54) is 12.8 Å². The first-order chi connectivity index (χ1) is 16.0. The highest BCUT2D eigenvalue weighted by molar-refractivity contribution is 6.15. The van der Waals surface area contributed by atoms with Crippen molar-refractivity contribution < 1.29 is 14.3 Å². The molecule has 0 atom stereocenters. The van der Waals surface area contributed by atoms with E-state index in [4.69, 9.17) is 4.74 Å². The molecule has 0 unspecified atom stereocenters. The molecule has 7 nitrogen and oxygen atoms in total. The summed E-state index contributed by atoms with van der Waals surface area (Å²) in [4.78, 5) is 36.8. The van der Waals surface area contributed by atoms with Gasteiger partial charge in [-0.2, -0.15) is 4.98 Å². The van der Waals surface area contributed by atoms with Crippen molar-refractivity contribution in [1.29, 1.82) is 0 Å². The number of benzene rings is 2. The topological polar surface area (TPSA) is 84.4 Å². The van der Waals surface area contributed by atoms with Gasteiger partial charge in [0, 0.05) is 30.3 Å². The fraction of sp³-hybridized carbons (Fsp3) is 0.308. The van der Waals surface area contributed by atoms with Crippen LogP contribution in [0.3, 0.4) is 0 Å². The predicted molar refractivity (Wildman–Crippen MR) is 127 cm³/mol. The van der Waals surface area contributed by atoms with Gasteiger partial charge in [0.1, 0.15) is 18.2 Å². The van der Waals surface area contributed by atoms with Crippen LogP contribution in [0.1, 0.15) is 50.5 Å². The molecule has 1 amide bonds. The summed E-state index contributed by atoms with van der Waals surface area (Å²) in [6.45, 7) is 6.34. The molecule has 2 heterocycles. The van der Waals surface area contributed by atoms with Crippen LogP contribution >= 0.6 is 0 Å². The number of aryl methyl sites for hydroxylation is 2. The number of amides is 1. The standard InChI is InChI=1S/C26H28N4O3/c1-18-9-11-20(12-10-18)25(31)21-7-3-4-8-22(21)26(32)27-13-16-33-24-17-23(28-19(2)29-24)30-14-5-6-15-30/h3-4,7-12,17H,5-6,13-16H2,1-2H3,(H,27,32). The molecule has 7 heteroatoms. The van der Waals surface area contributed by atoms with E-state index in [0.717, 1.165) is 24.5 Å². The zero-order chi connectivity index (χ0) is 23.2. The van der Waals surface area contributed by atoms with Crippen molar-refractivity contribution in [2.24, 2.45) is 0 Å². The van der Waals surface area contributed by atoms with E-state index >= 15 is 0 Å². The van der Waals surface area contributed by atoms with Crippen LogP contribution in [0.5, 0.6) is 5.88 Å². The highest BCUT2D eigenvalue weighted by Gasteiger charge is 2.18. The maximum absolute atomic E-state index is 12.9. The minimum absolute atomic E-state index is 0.178. The Morgan fingerprint density at radius 2 is 1.67 bits per heavy atom. The molecule has 0 aliphatic carbocycles. The molecule has 0 bridgehead atoms. The first-order valence-electron chi connectivity index (χ1n) is 11.2. The van der Waals surface area contributed by atoms with Gasteiger partial charge in [0.2, 0.25) is 5.88 Å². The van der Waals surface area contributed by atoms with Gasteiger partial charge in [-0.15, -0.1) is 0 Å². The van der Waals surface area contributed by atoms with Crippen molar-refractivity contribution in [3.05, 3.63) is 82.7 Å². The lowest BCUT2D eigenvalue weighted by Gasteiger charge is -2.17.